The van der Waals surface area contributed by atoms with Crippen molar-refractivity contribution in [2.24, 2.45) is 5.10 Å². The van der Waals surface area contributed by atoms with Crippen molar-refractivity contribution in [2.45, 2.75) is 27.4 Å². The molecule has 0 saturated heterocycles. The second-order valence-corrected chi connectivity index (χ2v) is 9.81. The Balaban J connectivity index is 1.39. The van der Waals surface area contributed by atoms with Crippen molar-refractivity contribution in [2.75, 3.05) is 0 Å². The summed E-state index contributed by atoms with van der Waals surface area (Å²) in [5.41, 5.74) is 5.79. The summed E-state index contributed by atoms with van der Waals surface area (Å²) in [4.78, 5) is 17.6. The molecule has 188 valence electrons. The third kappa shape index (κ3) is 4.89. The van der Waals surface area contributed by atoms with Gasteiger partial charge in [-0.3, -0.25) is 4.79 Å². The number of hydrogen-bond acceptors (Lipinski definition) is 5. The zero-order valence-electron chi connectivity index (χ0n) is 21.1. The lowest BCUT2D eigenvalue weighted by Gasteiger charge is -2.12. The van der Waals surface area contributed by atoms with E-state index in [1.165, 1.54) is 4.68 Å². The molecule has 5 aromatic rings. The van der Waals surface area contributed by atoms with Crippen LogP contribution in [0.4, 0.5) is 0 Å². The van der Waals surface area contributed by atoms with Gasteiger partial charge in [-0.2, -0.15) is 15.0 Å². The van der Waals surface area contributed by atoms with Crippen LogP contribution in [0.1, 0.15) is 33.9 Å². The number of aryl methyl sites for hydroxylation is 2. The van der Waals surface area contributed by atoms with Crippen molar-refractivity contribution in [3.8, 4) is 17.5 Å². The number of benzene rings is 3. The molecule has 0 aliphatic heterocycles. The first-order chi connectivity index (χ1) is 18.4. The Morgan fingerprint density at radius 2 is 1.82 bits per heavy atom. The van der Waals surface area contributed by atoms with Crippen LogP contribution in [0.2, 0.25) is 0 Å². The third-order valence-electron chi connectivity index (χ3n) is 6.38. The lowest BCUT2D eigenvalue weighted by Crippen LogP contribution is -2.20. The summed E-state index contributed by atoms with van der Waals surface area (Å²) in [6, 6.07) is 24.9. The van der Waals surface area contributed by atoms with E-state index in [1.54, 1.807) is 25.3 Å². The number of ether oxygens (including phenoxy) is 1. The fourth-order valence-electron chi connectivity index (χ4n) is 4.44. The lowest BCUT2D eigenvalue weighted by molar-refractivity contribution is 0.306. The summed E-state index contributed by atoms with van der Waals surface area (Å²) in [6.45, 7) is 6.14. The maximum absolute atomic E-state index is 13.1. The summed E-state index contributed by atoms with van der Waals surface area (Å²) in [7, 11) is 0. The first-order valence-corrected chi connectivity index (χ1v) is 12.8. The molecule has 0 saturated carbocycles. The molecule has 3 aromatic carbocycles. The van der Waals surface area contributed by atoms with Crippen molar-refractivity contribution < 1.29 is 4.74 Å². The van der Waals surface area contributed by atoms with Crippen molar-refractivity contribution in [1.29, 1.82) is 5.26 Å². The predicted molar refractivity (Wildman–Crippen MR) is 152 cm³/mol. The number of rotatable bonds is 6. The van der Waals surface area contributed by atoms with Crippen LogP contribution in [0.5, 0.6) is 5.75 Å². The van der Waals surface area contributed by atoms with Gasteiger partial charge in [-0.15, -0.1) is 0 Å². The highest BCUT2D eigenvalue weighted by Crippen LogP contribution is 2.23. The van der Waals surface area contributed by atoms with E-state index in [9.17, 15) is 10.1 Å². The Hall–Kier alpha value is -4.48. The molecule has 0 N–H and O–H groups in total. The van der Waals surface area contributed by atoms with Crippen LogP contribution in [0.25, 0.3) is 16.6 Å². The number of halogens is 1. The Kier molecular flexibility index (Phi) is 6.95. The minimum atomic E-state index is -0.216. The molecular weight excluding hydrogens is 542 g/mol. The Labute approximate surface area is 228 Å². The number of hydrogen-bond donors (Lipinski definition) is 0. The van der Waals surface area contributed by atoms with Crippen LogP contribution in [-0.4, -0.2) is 20.4 Å². The van der Waals surface area contributed by atoms with Crippen molar-refractivity contribution in [3.63, 3.8) is 0 Å². The lowest BCUT2D eigenvalue weighted by atomic mass is 10.1. The van der Waals surface area contributed by atoms with Gasteiger partial charge in [-0.1, -0.05) is 34.1 Å². The second-order valence-electron chi connectivity index (χ2n) is 8.90. The smallest absolute Gasteiger partial charge is 0.282 e. The number of aromatic nitrogens is 3. The van der Waals surface area contributed by atoms with Crippen LogP contribution >= 0.6 is 15.9 Å². The first-order valence-electron chi connectivity index (χ1n) is 12.0. The summed E-state index contributed by atoms with van der Waals surface area (Å²) in [6.07, 6.45) is 1.70. The molecule has 8 heteroatoms. The maximum Gasteiger partial charge on any atom is 0.282 e. The molecule has 0 bridgehead atoms. The minimum Gasteiger partial charge on any atom is -0.489 e. The van der Waals surface area contributed by atoms with Gasteiger partial charge in [0.2, 0.25) is 0 Å². The Morgan fingerprint density at radius 3 is 2.58 bits per heavy atom. The summed E-state index contributed by atoms with van der Waals surface area (Å²) in [5.74, 6) is 1.24. The molecule has 5 rings (SSSR count). The molecule has 0 spiro atoms. The Bertz CT molecular complexity index is 1790. The zero-order chi connectivity index (χ0) is 26.8. The highest BCUT2D eigenvalue weighted by atomic mass is 79.9. The maximum atomic E-state index is 13.1. The van der Waals surface area contributed by atoms with Crippen molar-refractivity contribution >= 4 is 33.0 Å². The molecule has 0 amide bonds. The van der Waals surface area contributed by atoms with Crippen LogP contribution in [0, 0.1) is 32.1 Å². The first kappa shape index (κ1) is 25.2. The van der Waals surface area contributed by atoms with Gasteiger partial charge < -0.3 is 9.30 Å². The van der Waals surface area contributed by atoms with Gasteiger partial charge in [0, 0.05) is 32.7 Å². The van der Waals surface area contributed by atoms with E-state index < -0.39 is 0 Å². The molecule has 0 radical (unpaired) electrons. The molecule has 0 fully saturated rings. The molecule has 0 aliphatic rings. The van der Waals surface area contributed by atoms with E-state index in [0.717, 1.165) is 38.4 Å². The van der Waals surface area contributed by atoms with E-state index in [2.05, 4.69) is 36.7 Å². The van der Waals surface area contributed by atoms with Crippen molar-refractivity contribution in [3.05, 3.63) is 122 Å². The molecular formula is C30H24BrN5O2. The highest BCUT2D eigenvalue weighted by molar-refractivity contribution is 9.10. The number of nitriles is 1. The summed E-state index contributed by atoms with van der Waals surface area (Å²) in [5, 5.41) is 14.3. The summed E-state index contributed by atoms with van der Waals surface area (Å²) >= 11 is 3.42. The topological polar surface area (TPSA) is 85.2 Å². The van der Waals surface area contributed by atoms with Gasteiger partial charge in [0.05, 0.1) is 28.8 Å². The normalized spacial score (nSPS) is 11.2. The fraction of sp³-hybridized carbons (Fsp3) is 0.133. The quantitative estimate of drug-likeness (QED) is 0.229. The molecule has 38 heavy (non-hydrogen) atoms. The Morgan fingerprint density at radius 1 is 1.05 bits per heavy atom. The molecule has 0 atom stereocenters. The highest BCUT2D eigenvalue weighted by Gasteiger charge is 2.12. The van der Waals surface area contributed by atoms with Crippen LogP contribution in [0.3, 0.4) is 0 Å². The predicted octanol–water partition coefficient (Wildman–Crippen LogP) is 6.21. The van der Waals surface area contributed by atoms with Gasteiger partial charge in [0.25, 0.3) is 5.56 Å². The van der Waals surface area contributed by atoms with Gasteiger partial charge >= 0.3 is 0 Å². The zero-order valence-corrected chi connectivity index (χ0v) is 22.7. The van der Waals surface area contributed by atoms with E-state index in [-0.39, 0.29) is 5.56 Å². The number of nitrogens with zero attached hydrogens (tertiary/aromatic N) is 5. The van der Waals surface area contributed by atoms with Crippen LogP contribution in [-0.2, 0) is 6.61 Å². The minimum absolute atomic E-state index is 0.216. The van der Waals surface area contributed by atoms with E-state index >= 15 is 0 Å². The van der Waals surface area contributed by atoms with Gasteiger partial charge in [-0.25, -0.2) is 4.98 Å². The van der Waals surface area contributed by atoms with Gasteiger partial charge in [0.15, 0.2) is 0 Å². The molecule has 0 unspecified atom stereocenters. The van der Waals surface area contributed by atoms with Gasteiger partial charge in [0.1, 0.15) is 18.2 Å². The van der Waals surface area contributed by atoms with E-state index in [4.69, 9.17) is 4.74 Å². The van der Waals surface area contributed by atoms with Gasteiger partial charge in [-0.05, 0) is 75.4 Å². The molecule has 2 aromatic heterocycles. The van der Waals surface area contributed by atoms with E-state index in [0.29, 0.717) is 28.9 Å². The molecule has 2 heterocycles. The summed E-state index contributed by atoms with van der Waals surface area (Å²) < 4.78 is 10.2. The molecule has 7 nitrogen and oxygen atoms in total. The monoisotopic (exact) mass is 565 g/mol. The number of fused-ring (bicyclic) bond motifs is 1. The average Bonchev–Trinajstić information content (AvgIpc) is 3.20. The van der Waals surface area contributed by atoms with E-state index in [1.807, 2.05) is 74.5 Å². The third-order valence-corrected chi connectivity index (χ3v) is 6.87. The standard InChI is InChI=1S/C30H24BrN5O2/c1-19-14-24(17-33-36-21(3)34-29-13-8-25(31)15-28(29)30(36)37)20(2)35(19)26-9-11-27(12-10-26)38-18-23-7-5-4-6-22(23)16-32/h4-15,17H,18H2,1-3H3. The fourth-order valence-corrected chi connectivity index (χ4v) is 4.80. The van der Waals surface area contributed by atoms with Crippen molar-refractivity contribution in [1.82, 2.24) is 14.2 Å². The SMILES string of the molecule is Cc1cc(C=Nn2c(C)nc3ccc(Br)cc3c2=O)c(C)n1-c1ccc(OCc2ccccc2C#N)cc1. The average molecular weight is 566 g/mol. The molecule has 0 aliphatic carbocycles. The largest absolute Gasteiger partial charge is 0.489 e. The van der Waals surface area contributed by atoms with Crippen LogP contribution < -0.4 is 10.3 Å². The second kappa shape index (κ2) is 10.5. The van der Waals surface area contributed by atoms with Crippen LogP contribution in [0.15, 0.2) is 87.2 Å².